The second-order valence-corrected chi connectivity index (χ2v) is 16.4. The van der Waals surface area contributed by atoms with Gasteiger partial charge in [0.2, 0.25) is 0 Å². The van der Waals surface area contributed by atoms with Crippen molar-refractivity contribution in [2.75, 3.05) is 0 Å². The predicted octanol–water partition coefficient (Wildman–Crippen LogP) is 6.34. The van der Waals surface area contributed by atoms with E-state index in [9.17, 15) is 0 Å². The molecule has 3 aromatic heterocycles. The molecular formula is C54H27B7N2O. The Morgan fingerprint density at radius 1 is 0.344 bits per heavy atom. The average molecular weight is 796 g/mol. The highest BCUT2D eigenvalue weighted by molar-refractivity contribution is 6.69. The van der Waals surface area contributed by atoms with Crippen molar-refractivity contribution in [2.24, 2.45) is 0 Å². The van der Waals surface area contributed by atoms with E-state index in [2.05, 4.69) is 83.4 Å². The molecule has 0 amide bonds. The number of aromatic nitrogens is 2. The molecule has 14 radical (unpaired) electrons. The molecular weight excluding hydrogens is 768 g/mol. The summed E-state index contributed by atoms with van der Waals surface area (Å²) in [5, 5.41) is 5.28. The lowest BCUT2D eigenvalue weighted by Gasteiger charge is -2.20. The van der Waals surface area contributed by atoms with Gasteiger partial charge in [0.25, 0.3) is 0 Å². The van der Waals surface area contributed by atoms with E-state index in [1.54, 1.807) is 0 Å². The molecule has 12 rings (SSSR count). The van der Waals surface area contributed by atoms with Gasteiger partial charge in [-0.05, 0) is 64.0 Å². The van der Waals surface area contributed by atoms with E-state index in [0.717, 1.165) is 82.9 Å². The molecule has 3 nitrogen and oxygen atoms in total. The van der Waals surface area contributed by atoms with Crippen LogP contribution in [0.25, 0.3) is 110 Å². The summed E-state index contributed by atoms with van der Waals surface area (Å²) in [5.74, 6) is 0. The summed E-state index contributed by atoms with van der Waals surface area (Å²) in [6.45, 7) is 0. The topological polar surface area (TPSA) is 23.0 Å². The molecule has 9 aromatic carbocycles. The summed E-state index contributed by atoms with van der Waals surface area (Å²) < 4.78 is 10.7. The summed E-state index contributed by atoms with van der Waals surface area (Å²) in [4.78, 5) is 0. The highest BCUT2D eigenvalue weighted by Gasteiger charge is 2.26. The van der Waals surface area contributed by atoms with Gasteiger partial charge in [-0.25, -0.2) is 0 Å². The Kier molecular flexibility index (Phi) is 8.69. The van der Waals surface area contributed by atoms with Crippen LogP contribution in [0.4, 0.5) is 0 Å². The summed E-state index contributed by atoms with van der Waals surface area (Å²) in [7, 11) is 49.0. The van der Waals surface area contributed by atoms with Gasteiger partial charge >= 0.3 is 0 Å². The lowest BCUT2D eigenvalue weighted by atomic mass is 9.64. The molecule has 12 aromatic rings. The van der Waals surface area contributed by atoms with E-state index < -0.39 is 0 Å². The minimum atomic E-state index is 0.168. The lowest BCUT2D eigenvalue weighted by Crippen LogP contribution is -2.48. The number of furan rings is 1. The van der Waals surface area contributed by atoms with Crippen LogP contribution in [0.15, 0.2) is 168 Å². The SMILES string of the molecule is [B]c1c([B])c([B])c2c(c1[B])c1c([B])c(-c3ccc4c(c3)c3cccc(-c5ccccc5)c3n4-c3ccc4c(c3)oc3ccccc34)c([B])c([B])c1n2-c1ccccc1-c1ccccc1. The molecule has 0 bridgehead atoms. The van der Waals surface area contributed by atoms with E-state index in [4.69, 9.17) is 59.3 Å². The number of hydrogen-bond donors (Lipinski definition) is 0. The Morgan fingerprint density at radius 3 is 1.70 bits per heavy atom. The molecule has 0 spiro atoms. The van der Waals surface area contributed by atoms with Crippen LogP contribution in [0.3, 0.4) is 0 Å². The van der Waals surface area contributed by atoms with Gasteiger partial charge < -0.3 is 13.6 Å². The highest BCUT2D eigenvalue weighted by Crippen LogP contribution is 2.41. The molecule has 0 saturated heterocycles. The molecule has 0 aliphatic heterocycles. The monoisotopic (exact) mass is 796 g/mol. The first-order valence-corrected chi connectivity index (χ1v) is 21.0. The van der Waals surface area contributed by atoms with Crippen LogP contribution >= 0.6 is 0 Å². The molecule has 0 aliphatic carbocycles. The number of rotatable bonds is 5. The van der Waals surface area contributed by atoms with E-state index >= 15 is 0 Å². The third-order valence-electron chi connectivity index (χ3n) is 12.9. The largest absolute Gasteiger partial charge is 0.456 e. The van der Waals surface area contributed by atoms with Crippen LogP contribution < -0.4 is 38.2 Å². The smallest absolute Gasteiger partial charge is 0.137 e. The van der Waals surface area contributed by atoms with Gasteiger partial charge in [-0.2, -0.15) is 0 Å². The minimum Gasteiger partial charge on any atom is -0.456 e. The maximum absolute atomic E-state index is 7.44. The van der Waals surface area contributed by atoms with Gasteiger partial charge in [0, 0.05) is 60.8 Å². The molecule has 64 heavy (non-hydrogen) atoms. The predicted molar refractivity (Wildman–Crippen MR) is 276 cm³/mol. The van der Waals surface area contributed by atoms with Crippen molar-refractivity contribution < 1.29 is 4.42 Å². The Balaban J connectivity index is 1.16. The fraction of sp³-hybridized carbons (Fsp3) is 0. The van der Waals surface area contributed by atoms with Crippen LogP contribution in [0.5, 0.6) is 0 Å². The zero-order valence-electron chi connectivity index (χ0n) is 34.4. The maximum atomic E-state index is 7.44. The Hall–Kier alpha value is -7.17. The first-order chi connectivity index (χ1) is 31.2. The van der Waals surface area contributed by atoms with Crippen molar-refractivity contribution >= 4 is 159 Å². The standard InChI is InChI=1S/C54H27B7N2O/c55-45-42(46(56)50(60)53-43(45)44-47(57)48(58)49(59)51(61)54(44)63(53)38-20-9-7-16-32(38)28-12-3-1-4-13-28)30-22-25-39-37(26-30)36-19-11-18-33(29-14-5-2-6-15-29)52(36)62(39)31-23-24-35-34-17-8-10-21-40(34)64-41(35)27-31/h1-27H. The van der Waals surface area contributed by atoms with Gasteiger partial charge in [-0.3, -0.25) is 0 Å². The zero-order chi connectivity index (χ0) is 43.5. The van der Waals surface area contributed by atoms with E-state index in [0.29, 0.717) is 43.8 Å². The van der Waals surface area contributed by atoms with Crippen molar-refractivity contribution in [3.63, 3.8) is 0 Å². The van der Waals surface area contributed by atoms with E-state index in [-0.39, 0.29) is 21.9 Å². The number of benzene rings is 9. The Labute approximate surface area is 379 Å². The van der Waals surface area contributed by atoms with Crippen LogP contribution in [-0.4, -0.2) is 64.1 Å². The van der Waals surface area contributed by atoms with Crippen LogP contribution in [0.2, 0.25) is 0 Å². The number of para-hydroxylation sites is 3. The summed E-state index contributed by atoms with van der Waals surface area (Å²) in [6, 6.07) is 55.7. The normalized spacial score (nSPS) is 11.9. The molecule has 0 atom stereocenters. The summed E-state index contributed by atoms with van der Waals surface area (Å²) >= 11 is 0. The molecule has 10 heteroatoms. The summed E-state index contributed by atoms with van der Waals surface area (Å²) in [5.41, 5.74) is 13.8. The first kappa shape index (κ1) is 38.5. The first-order valence-electron chi connectivity index (χ1n) is 21.0. The van der Waals surface area contributed by atoms with Gasteiger partial charge in [0.1, 0.15) is 66.1 Å². The molecule has 0 N–H and O–H groups in total. The van der Waals surface area contributed by atoms with Crippen molar-refractivity contribution in [3.05, 3.63) is 164 Å². The highest BCUT2D eigenvalue weighted by atomic mass is 16.3. The van der Waals surface area contributed by atoms with Gasteiger partial charge in [-0.1, -0.05) is 149 Å². The Morgan fingerprint density at radius 2 is 0.938 bits per heavy atom. The van der Waals surface area contributed by atoms with Crippen molar-refractivity contribution in [1.29, 1.82) is 0 Å². The summed E-state index contributed by atoms with van der Waals surface area (Å²) in [6.07, 6.45) is 0. The molecule has 280 valence electrons. The van der Waals surface area contributed by atoms with Crippen LogP contribution in [-0.2, 0) is 0 Å². The number of nitrogens with zero attached hydrogens (tertiary/aromatic N) is 2. The van der Waals surface area contributed by atoms with Crippen LogP contribution in [0.1, 0.15) is 0 Å². The Bertz CT molecular complexity index is 3930. The molecule has 0 unspecified atom stereocenters. The third-order valence-corrected chi connectivity index (χ3v) is 12.9. The zero-order valence-corrected chi connectivity index (χ0v) is 34.4. The van der Waals surface area contributed by atoms with E-state index in [1.807, 2.05) is 89.5 Å². The second kappa shape index (κ2) is 14.4. The minimum absolute atomic E-state index is 0.168. The van der Waals surface area contributed by atoms with Crippen LogP contribution in [0, 0.1) is 0 Å². The molecule has 0 aliphatic rings. The quantitative estimate of drug-likeness (QED) is 0.187. The van der Waals surface area contributed by atoms with Crippen molar-refractivity contribution in [3.8, 4) is 44.8 Å². The van der Waals surface area contributed by atoms with Crippen molar-refractivity contribution in [2.45, 2.75) is 0 Å². The second-order valence-electron chi connectivity index (χ2n) is 16.4. The number of hydrogen-bond acceptors (Lipinski definition) is 1. The molecule has 0 saturated carbocycles. The lowest BCUT2D eigenvalue weighted by molar-refractivity contribution is 0.668. The fourth-order valence-electron chi connectivity index (χ4n) is 9.97. The van der Waals surface area contributed by atoms with Gasteiger partial charge in [0.15, 0.2) is 0 Å². The molecule has 3 heterocycles. The van der Waals surface area contributed by atoms with Gasteiger partial charge in [-0.15, -0.1) is 10.9 Å². The van der Waals surface area contributed by atoms with Crippen molar-refractivity contribution in [1.82, 2.24) is 9.13 Å². The maximum Gasteiger partial charge on any atom is 0.137 e. The fourth-order valence-corrected chi connectivity index (χ4v) is 9.97. The van der Waals surface area contributed by atoms with Gasteiger partial charge in [0.05, 0.1) is 16.7 Å². The van der Waals surface area contributed by atoms with E-state index in [1.165, 1.54) is 0 Å². The number of fused-ring (bicyclic) bond motifs is 9. The average Bonchev–Trinajstić information content (AvgIpc) is 4.01. The third kappa shape index (κ3) is 5.45. The molecule has 0 fully saturated rings.